The van der Waals surface area contributed by atoms with E-state index in [0.717, 1.165) is 23.5 Å². The van der Waals surface area contributed by atoms with Crippen molar-refractivity contribution in [2.45, 2.75) is 19.4 Å². The number of hydrogen-bond donors (Lipinski definition) is 1. The van der Waals surface area contributed by atoms with E-state index in [0.29, 0.717) is 26.0 Å². The minimum Gasteiger partial charge on any atom is -0.383 e. The van der Waals surface area contributed by atoms with E-state index in [9.17, 15) is 4.79 Å². The molecule has 0 radical (unpaired) electrons. The summed E-state index contributed by atoms with van der Waals surface area (Å²) in [6, 6.07) is 7.97. The van der Waals surface area contributed by atoms with Gasteiger partial charge in [-0.25, -0.2) is 9.97 Å². The van der Waals surface area contributed by atoms with E-state index in [1.807, 2.05) is 18.2 Å². The SMILES string of the molecule is COCCNC(=O)CCc1nc2cccnc2n1Cc1cccs1. The first-order valence-corrected chi connectivity index (χ1v) is 8.74. The molecule has 0 aromatic carbocycles. The van der Waals surface area contributed by atoms with Crippen molar-refractivity contribution in [3.8, 4) is 0 Å². The van der Waals surface area contributed by atoms with Crippen molar-refractivity contribution in [2.75, 3.05) is 20.3 Å². The molecule has 0 spiro atoms. The average molecular weight is 344 g/mol. The number of nitrogens with one attached hydrogen (secondary N) is 1. The van der Waals surface area contributed by atoms with Gasteiger partial charge in [0.15, 0.2) is 5.65 Å². The summed E-state index contributed by atoms with van der Waals surface area (Å²) >= 11 is 1.71. The van der Waals surface area contributed by atoms with Crippen molar-refractivity contribution in [3.05, 3.63) is 46.5 Å². The standard InChI is InChI=1S/C17H20N4O2S/c1-23-10-9-18-16(22)7-6-15-20-14-5-2-8-19-17(14)21(15)12-13-4-3-11-24-13/h2-5,8,11H,6-7,9-10,12H2,1H3,(H,18,22). The van der Waals surface area contributed by atoms with Gasteiger partial charge in [0, 0.05) is 37.6 Å². The Labute approximate surface area is 144 Å². The Kier molecular flexibility index (Phi) is 5.55. The van der Waals surface area contributed by atoms with Gasteiger partial charge in [0.25, 0.3) is 0 Å². The lowest BCUT2D eigenvalue weighted by Crippen LogP contribution is -2.27. The van der Waals surface area contributed by atoms with Crippen LogP contribution in [0.15, 0.2) is 35.8 Å². The molecule has 126 valence electrons. The van der Waals surface area contributed by atoms with Crippen molar-refractivity contribution in [2.24, 2.45) is 0 Å². The van der Waals surface area contributed by atoms with Crippen LogP contribution in [0.5, 0.6) is 0 Å². The zero-order valence-corrected chi connectivity index (χ0v) is 14.4. The van der Waals surface area contributed by atoms with Crippen LogP contribution in [0, 0.1) is 0 Å². The molecule has 0 aliphatic heterocycles. The molecule has 1 amide bonds. The second-order valence-corrected chi connectivity index (χ2v) is 6.41. The average Bonchev–Trinajstić information content (AvgIpc) is 3.22. The summed E-state index contributed by atoms with van der Waals surface area (Å²) in [5.74, 6) is 0.897. The number of hydrogen-bond acceptors (Lipinski definition) is 5. The van der Waals surface area contributed by atoms with E-state index in [2.05, 4.69) is 31.3 Å². The van der Waals surface area contributed by atoms with Gasteiger partial charge in [-0.15, -0.1) is 11.3 Å². The molecule has 0 bridgehead atoms. The maximum Gasteiger partial charge on any atom is 0.220 e. The van der Waals surface area contributed by atoms with Crippen LogP contribution in [-0.4, -0.2) is 40.7 Å². The Hall–Kier alpha value is -2.25. The first-order chi connectivity index (χ1) is 11.8. The van der Waals surface area contributed by atoms with Crippen LogP contribution in [0.25, 0.3) is 11.2 Å². The van der Waals surface area contributed by atoms with Gasteiger partial charge in [-0.1, -0.05) is 6.07 Å². The first kappa shape index (κ1) is 16.6. The minimum absolute atomic E-state index is 0.00902. The number of amides is 1. The number of thiophene rings is 1. The molecule has 0 saturated carbocycles. The molecule has 3 aromatic heterocycles. The van der Waals surface area contributed by atoms with Gasteiger partial charge >= 0.3 is 0 Å². The van der Waals surface area contributed by atoms with Crippen LogP contribution >= 0.6 is 11.3 Å². The van der Waals surface area contributed by atoms with Crippen LogP contribution in [-0.2, 0) is 22.5 Å². The normalized spacial score (nSPS) is 11.0. The molecule has 1 N–H and O–H groups in total. The lowest BCUT2D eigenvalue weighted by atomic mass is 10.2. The minimum atomic E-state index is 0.00902. The molecule has 3 rings (SSSR count). The molecule has 0 aliphatic rings. The van der Waals surface area contributed by atoms with Crippen molar-refractivity contribution in [1.82, 2.24) is 19.9 Å². The van der Waals surface area contributed by atoms with Gasteiger partial charge in [0.05, 0.1) is 13.2 Å². The largest absolute Gasteiger partial charge is 0.383 e. The van der Waals surface area contributed by atoms with Crippen molar-refractivity contribution < 1.29 is 9.53 Å². The van der Waals surface area contributed by atoms with E-state index >= 15 is 0 Å². The van der Waals surface area contributed by atoms with Crippen LogP contribution < -0.4 is 5.32 Å². The summed E-state index contributed by atoms with van der Waals surface area (Å²) in [4.78, 5) is 22.3. The Balaban J connectivity index is 1.75. The van der Waals surface area contributed by atoms with Crippen LogP contribution in [0.4, 0.5) is 0 Å². The third kappa shape index (κ3) is 3.98. The van der Waals surface area contributed by atoms with E-state index in [-0.39, 0.29) is 5.91 Å². The Bertz CT molecular complexity index is 798. The number of imidazole rings is 1. The molecular weight excluding hydrogens is 324 g/mol. The molecule has 6 nitrogen and oxygen atoms in total. The van der Waals surface area contributed by atoms with Crippen molar-refractivity contribution in [3.63, 3.8) is 0 Å². The topological polar surface area (TPSA) is 69.0 Å². The number of aromatic nitrogens is 3. The summed E-state index contributed by atoms with van der Waals surface area (Å²) in [6.07, 6.45) is 2.76. The van der Waals surface area contributed by atoms with Crippen molar-refractivity contribution in [1.29, 1.82) is 0 Å². The monoisotopic (exact) mass is 344 g/mol. The fourth-order valence-electron chi connectivity index (χ4n) is 2.53. The summed E-state index contributed by atoms with van der Waals surface area (Å²) in [5, 5.41) is 4.90. The second kappa shape index (κ2) is 8.03. The molecule has 3 aromatic rings. The van der Waals surface area contributed by atoms with E-state index < -0.39 is 0 Å². The fraction of sp³-hybridized carbons (Fsp3) is 0.353. The number of pyridine rings is 1. The van der Waals surface area contributed by atoms with Gasteiger partial charge in [0.2, 0.25) is 5.91 Å². The summed E-state index contributed by atoms with van der Waals surface area (Å²) < 4.78 is 7.04. The third-order valence-electron chi connectivity index (χ3n) is 3.68. The lowest BCUT2D eigenvalue weighted by Gasteiger charge is -2.08. The number of carbonyl (C=O) groups excluding carboxylic acids is 1. The van der Waals surface area contributed by atoms with Gasteiger partial charge in [-0.05, 0) is 23.6 Å². The predicted molar refractivity (Wildman–Crippen MR) is 94.2 cm³/mol. The third-order valence-corrected chi connectivity index (χ3v) is 4.54. The molecule has 0 saturated heterocycles. The fourth-order valence-corrected chi connectivity index (χ4v) is 3.22. The highest BCUT2D eigenvalue weighted by Gasteiger charge is 2.13. The number of methoxy groups -OCH3 is 1. The summed E-state index contributed by atoms with van der Waals surface area (Å²) in [6.45, 7) is 1.78. The van der Waals surface area contributed by atoms with E-state index in [4.69, 9.17) is 4.74 Å². The Morgan fingerprint density at radius 2 is 2.29 bits per heavy atom. The predicted octanol–water partition coefficient (Wildman–Crippen LogP) is 2.24. The number of ether oxygens (including phenoxy) is 1. The van der Waals surface area contributed by atoms with Gasteiger partial charge in [-0.2, -0.15) is 0 Å². The lowest BCUT2D eigenvalue weighted by molar-refractivity contribution is -0.121. The number of rotatable bonds is 8. The Morgan fingerprint density at radius 1 is 1.38 bits per heavy atom. The van der Waals surface area contributed by atoms with Crippen LogP contribution in [0.3, 0.4) is 0 Å². The van der Waals surface area contributed by atoms with E-state index in [1.165, 1.54) is 4.88 Å². The quantitative estimate of drug-likeness (QED) is 0.636. The van der Waals surface area contributed by atoms with Gasteiger partial charge in [-0.3, -0.25) is 4.79 Å². The smallest absolute Gasteiger partial charge is 0.220 e. The van der Waals surface area contributed by atoms with E-state index in [1.54, 1.807) is 24.6 Å². The maximum absolute atomic E-state index is 11.9. The summed E-state index contributed by atoms with van der Waals surface area (Å²) in [7, 11) is 1.62. The highest BCUT2D eigenvalue weighted by Crippen LogP contribution is 2.19. The number of carbonyl (C=O) groups is 1. The molecule has 3 heterocycles. The van der Waals surface area contributed by atoms with Crippen LogP contribution in [0.1, 0.15) is 17.1 Å². The number of fused-ring (bicyclic) bond motifs is 1. The van der Waals surface area contributed by atoms with Gasteiger partial charge in [0.1, 0.15) is 11.3 Å². The molecule has 0 aliphatic carbocycles. The van der Waals surface area contributed by atoms with Crippen LogP contribution in [0.2, 0.25) is 0 Å². The number of nitrogens with zero attached hydrogens (tertiary/aromatic N) is 3. The molecule has 24 heavy (non-hydrogen) atoms. The highest BCUT2D eigenvalue weighted by molar-refractivity contribution is 7.09. The molecule has 0 unspecified atom stereocenters. The molecule has 0 atom stereocenters. The molecule has 0 fully saturated rings. The number of aryl methyl sites for hydroxylation is 1. The first-order valence-electron chi connectivity index (χ1n) is 7.86. The van der Waals surface area contributed by atoms with Crippen molar-refractivity contribution >= 4 is 28.4 Å². The highest BCUT2D eigenvalue weighted by atomic mass is 32.1. The zero-order chi connectivity index (χ0) is 16.8. The second-order valence-electron chi connectivity index (χ2n) is 5.38. The Morgan fingerprint density at radius 3 is 3.08 bits per heavy atom. The zero-order valence-electron chi connectivity index (χ0n) is 13.6. The molecule has 7 heteroatoms. The maximum atomic E-state index is 11.9. The summed E-state index contributed by atoms with van der Waals surface area (Å²) in [5.41, 5.74) is 1.73. The molecular formula is C17H20N4O2S. The van der Waals surface area contributed by atoms with Gasteiger partial charge < -0.3 is 14.6 Å².